The number of allylic oxidation sites excluding steroid dienone is 11. The van der Waals surface area contributed by atoms with Crippen molar-refractivity contribution < 1.29 is 4.98 Å². The van der Waals surface area contributed by atoms with E-state index in [1.807, 2.05) is 11.8 Å². The second kappa shape index (κ2) is 12.7. The highest BCUT2D eigenvalue weighted by Gasteiger charge is 2.57. The molecule has 5 aromatic rings. The maximum atomic E-state index is 5.23. The topological polar surface area (TPSA) is 39.9 Å². The molecule has 4 aromatic carbocycles. The van der Waals surface area contributed by atoms with Crippen LogP contribution in [0.1, 0.15) is 53.7 Å². The van der Waals surface area contributed by atoms with Crippen molar-refractivity contribution in [2.24, 2.45) is 5.92 Å². The number of thioether (sulfide) groups is 1. The number of aromatic nitrogens is 3. The SMILES string of the molecule is C/C=C(C)\C=C/Cc1nc(C2=CC3=C(C=I2)Sc2ccccc2C32c3ccc4ccccc4c3C3C=CC=CC32)[nH+]c(-c2ccc(C)cc2)n1. The lowest BCUT2D eigenvalue weighted by Crippen LogP contribution is -2.38. The van der Waals surface area contributed by atoms with Gasteiger partial charge < -0.3 is 0 Å². The summed E-state index contributed by atoms with van der Waals surface area (Å²) in [5.41, 5.74) is 8.94. The molecule has 0 saturated heterocycles. The highest BCUT2D eigenvalue weighted by molar-refractivity contribution is 14.2. The van der Waals surface area contributed by atoms with Gasteiger partial charge in [-0.2, -0.15) is 0 Å². The van der Waals surface area contributed by atoms with Crippen LogP contribution < -0.4 is 4.98 Å². The zero-order chi connectivity index (χ0) is 33.8. The van der Waals surface area contributed by atoms with E-state index in [9.17, 15) is 0 Å². The first-order valence-corrected chi connectivity index (χ1v) is 20.4. The molecule has 50 heavy (non-hydrogen) atoms. The molecule has 3 atom stereocenters. The standard InChI is InChI=1S/C45H36IN3S/c1-4-28(2)12-11-19-41-47-43(31-22-20-29(3)21-23-31)49-44(48-41)38-26-37-40(27-46-38)50-39-18-10-9-17-35(39)45(37)34-16-8-7-15-33(34)42-32-14-6-5-13-30(32)24-25-36(42)45/h4-18,20-27,33-34H,19H2,1-3H3/p+1/b12-11-,28-4-. The van der Waals surface area contributed by atoms with Crippen LogP contribution in [-0.4, -0.2) is 14.0 Å². The average Bonchev–Trinajstić information content (AvgIpc) is 3.46. The fourth-order valence-electron chi connectivity index (χ4n) is 8.12. The van der Waals surface area contributed by atoms with Crippen molar-refractivity contribution in [1.29, 1.82) is 0 Å². The van der Waals surface area contributed by atoms with Crippen LogP contribution in [0.5, 0.6) is 0 Å². The monoisotopic (exact) mass is 778 g/mol. The third kappa shape index (κ3) is 5.08. The van der Waals surface area contributed by atoms with E-state index in [1.54, 1.807) is 0 Å². The number of aromatic amines is 1. The van der Waals surface area contributed by atoms with Gasteiger partial charge in [0, 0.05) is 21.6 Å². The zero-order valence-electron chi connectivity index (χ0n) is 28.3. The Kier molecular flexibility index (Phi) is 8.00. The molecule has 1 spiro atoms. The number of aryl methyl sites for hydroxylation is 1. The molecule has 4 aliphatic rings. The Hall–Kier alpha value is -4.46. The molecular formula is C45H37IN3S+. The van der Waals surface area contributed by atoms with E-state index in [0.717, 1.165) is 23.0 Å². The molecule has 5 heteroatoms. The number of halogens is 1. The van der Waals surface area contributed by atoms with E-state index in [1.165, 1.54) is 57.6 Å². The molecule has 9 rings (SSSR count). The number of nitrogens with one attached hydrogen (secondary N) is 1. The Morgan fingerprint density at radius 3 is 2.58 bits per heavy atom. The van der Waals surface area contributed by atoms with Crippen LogP contribution in [0.15, 0.2) is 154 Å². The minimum Gasteiger partial charge on any atom is -0.239 e. The number of H-pyrrole nitrogens is 1. The minimum atomic E-state index is -0.467. The van der Waals surface area contributed by atoms with Crippen LogP contribution >= 0.6 is 32.5 Å². The number of nitrogens with zero attached hydrogens (tertiary/aromatic N) is 2. The van der Waals surface area contributed by atoms with Gasteiger partial charge in [0.05, 0.1) is 21.0 Å². The van der Waals surface area contributed by atoms with Gasteiger partial charge in [0.2, 0.25) is 0 Å². The van der Waals surface area contributed by atoms with Gasteiger partial charge in [0.15, 0.2) is 0 Å². The van der Waals surface area contributed by atoms with Gasteiger partial charge >= 0.3 is 0 Å². The van der Waals surface area contributed by atoms with Gasteiger partial charge in [-0.3, -0.25) is 0 Å². The van der Waals surface area contributed by atoms with E-state index in [4.69, 9.17) is 9.97 Å². The first kappa shape index (κ1) is 31.5. The zero-order valence-corrected chi connectivity index (χ0v) is 31.3. The normalized spacial score (nSPS) is 22.0. The lowest BCUT2D eigenvalue weighted by molar-refractivity contribution is -0.377. The molecule has 0 fully saturated rings. The molecule has 3 unspecified atom stereocenters. The molecule has 2 aliphatic carbocycles. The van der Waals surface area contributed by atoms with Gasteiger partial charge in [-0.1, -0.05) is 163 Å². The summed E-state index contributed by atoms with van der Waals surface area (Å²) >= 11 is 1.48. The smallest absolute Gasteiger partial charge is 0.239 e. The van der Waals surface area contributed by atoms with Gasteiger partial charge in [0.25, 0.3) is 17.5 Å². The first-order chi connectivity index (χ1) is 24.5. The largest absolute Gasteiger partial charge is 0.281 e. The second-order valence-corrected chi connectivity index (χ2v) is 16.9. The lowest BCUT2D eigenvalue weighted by atomic mass is 9.62. The van der Waals surface area contributed by atoms with E-state index in [2.05, 4.69) is 163 Å². The minimum absolute atomic E-state index is 0.260. The third-order valence-electron chi connectivity index (χ3n) is 10.5. The molecule has 244 valence electrons. The average molecular weight is 779 g/mol. The van der Waals surface area contributed by atoms with E-state index < -0.39 is 20.7 Å². The third-order valence-corrected chi connectivity index (χ3v) is 14.5. The molecule has 0 bridgehead atoms. The summed E-state index contributed by atoms with van der Waals surface area (Å²) in [7, 11) is 0. The lowest BCUT2D eigenvalue weighted by Gasteiger charge is -2.44. The number of hydrogen-bond acceptors (Lipinski definition) is 3. The maximum absolute atomic E-state index is 5.23. The molecule has 0 radical (unpaired) electrons. The molecule has 2 aliphatic heterocycles. The Labute approximate surface area is 308 Å². The van der Waals surface area contributed by atoms with Gasteiger partial charge in [-0.15, -0.1) is 0 Å². The van der Waals surface area contributed by atoms with Gasteiger partial charge in [0.1, 0.15) is 0 Å². The van der Waals surface area contributed by atoms with Crippen molar-refractivity contribution in [3.8, 4) is 11.4 Å². The highest BCUT2D eigenvalue weighted by Crippen LogP contribution is 2.66. The van der Waals surface area contributed by atoms with E-state index in [-0.39, 0.29) is 17.3 Å². The quantitative estimate of drug-likeness (QED) is 0.132. The Morgan fingerprint density at radius 2 is 1.70 bits per heavy atom. The number of fused-ring (bicyclic) bond motifs is 10. The van der Waals surface area contributed by atoms with Crippen LogP contribution in [0.4, 0.5) is 0 Å². The highest BCUT2D eigenvalue weighted by atomic mass is 127. The molecular weight excluding hydrogens is 741 g/mol. The summed E-state index contributed by atoms with van der Waals surface area (Å²) in [5, 5.41) is 2.67. The molecule has 0 saturated carbocycles. The van der Waals surface area contributed by atoms with Crippen molar-refractivity contribution in [3.63, 3.8) is 0 Å². The molecule has 0 amide bonds. The predicted molar refractivity (Wildman–Crippen MR) is 218 cm³/mol. The van der Waals surface area contributed by atoms with Crippen LogP contribution in [0.25, 0.3) is 25.7 Å². The van der Waals surface area contributed by atoms with E-state index >= 15 is 0 Å². The first-order valence-electron chi connectivity index (χ1n) is 17.3. The predicted octanol–water partition coefficient (Wildman–Crippen LogP) is 10.8. The van der Waals surface area contributed by atoms with Crippen molar-refractivity contribution in [2.45, 2.75) is 43.4 Å². The van der Waals surface area contributed by atoms with Crippen LogP contribution in [0, 0.1) is 12.8 Å². The summed E-state index contributed by atoms with van der Waals surface area (Å²) in [6, 6.07) is 31.5. The summed E-state index contributed by atoms with van der Waals surface area (Å²) < 4.78 is 3.85. The summed E-state index contributed by atoms with van der Waals surface area (Å²) in [6.07, 6.45) is 19.1. The maximum Gasteiger partial charge on any atom is 0.281 e. The number of rotatable bonds is 5. The van der Waals surface area contributed by atoms with Crippen molar-refractivity contribution >= 4 is 50.9 Å². The van der Waals surface area contributed by atoms with Crippen molar-refractivity contribution in [1.82, 2.24) is 9.97 Å². The summed E-state index contributed by atoms with van der Waals surface area (Å²) in [4.78, 5) is 16.8. The van der Waals surface area contributed by atoms with Crippen LogP contribution in [0.2, 0.25) is 0 Å². The van der Waals surface area contributed by atoms with E-state index in [0.29, 0.717) is 6.42 Å². The van der Waals surface area contributed by atoms with Gasteiger partial charge in [-0.25, -0.2) is 4.98 Å². The number of benzene rings is 4. The summed E-state index contributed by atoms with van der Waals surface area (Å²) in [6.45, 7) is 6.32. The molecule has 1 aromatic heterocycles. The van der Waals surface area contributed by atoms with Gasteiger partial charge in [-0.05, 0) is 82.1 Å². The molecule has 1 N–H and O–H groups in total. The Balaban J connectivity index is 1.26. The van der Waals surface area contributed by atoms with Crippen molar-refractivity contribution in [3.05, 3.63) is 183 Å². The Morgan fingerprint density at radius 1 is 0.900 bits per heavy atom. The number of hydrogen-bond donors (Lipinski definition) is 0. The fourth-order valence-corrected chi connectivity index (χ4v) is 11.9. The Bertz CT molecular complexity index is 2430. The van der Waals surface area contributed by atoms with Crippen LogP contribution in [-0.2, 0) is 11.8 Å². The second-order valence-electron chi connectivity index (χ2n) is 13.4. The molecule has 3 nitrogen and oxygen atoms in total. The van der Waals surface area contributed by atoms with Crippen molar-refractivity contribution in [2.75, 3.05) is 0 Å². The fraction of sp³-hybridized carbons (Fsp3) is 0.156. The molecule has 3 heterocycles. The van der Waals surface area contributed by atoms with Crippen LogP contribution in [0.3, 0.4) is 0 Å². The summed E-state index contributed by atoms with van der Waals surface area (Å²) in [5.74, 6) is 3.17.